The molecule has 0 saturated carbocycles. The van der Waals surface area contributed by atoms with Gasteiger partial charge in [-0.15, -0.1) is 0 Å². The number of amides is 1. The predicted molar refractivity (Wildman–Crippen MR) is 93.8 cm³/mol. The molecule has 0 spiro atoms. The van der Waals surface area contributed by atoms with Crippen LogP contribution in [0.25, 0.3) is 0 Å². The first-order chi connectivity index (χ1) is 11.1. The zero-order valence-corrected chi connectivity index (χ0v) is 14.0. The summed E-state index contributed by atoms with van der Waals surface area (Å²) in [6, 6.07) is 15.8. The largest absolute Gasteiger partial charge is 0.497 e. The second-order valence-corrected chi connectivity index (χ2v) is 5.63. The summed E-state index contributed by atoms with van der Waals surface area (Å²) in [6.45, 7) is 3.13. The highest BCUT2D eigenvalue weighted by Gasteiger charge is 2.08. The van der Waals surface area contributed by atoms with E-state index in [0.717, 1.165) is 23.4 Å². The molecule has 0 bridgehead atoms. The molecule has 2 aromatic rings. The Bertz CT molecular complexity index is 655. The molecule has 4 heteroatoms. The van der Waals surface area contributed by atoms with Crippen molar-refractivity contribution in [3.05, 3.63) is 59.7 Å². The molecule has 4 nitrogen and oxygen atoms in total. The Morgan fingerprint density at radius 2 is 1.87 bits per heavy atom. The average Bonchev–Trinajstić information content (AvgIpc) is 2.54. The van der Waals surface area contributed by atoms with E-state index in [1.54, 1.807) is 7.11 Å². The van der Waals surface area contributed by atoms with Crippen LogP contribution in [0.3, 0.4) is 0 Å². The zero-order chi connectivity index (χ0) is 16.7. The summed E-state index contributed by atoms with van der Waals surface area (Å²) in [5, 5.41) is 2.95. The van der Waals surface area contributed by atoms with E-state index in [2.05, 4.69) is 18.3 Å². The van der Waals surface area contributed by atoms with Gasteiger partial charge in [0.25, 0.3) is 0 Å². The van der Waals surface area contributed by atoms with Crippen molar-refractivity contribution in [3.8, 4) is 5.75 Å². The standard InChI is InChI=1S/C19H24N2O2/c1-4-15-7-5-9-17(11-15)20-19(22)14-21(2)13-16-8-6-10-18(12-16)23-3/h5-12H,4,13-14H2,1-3H3,(H,20,22). The van der Waals surface area contributed by atoms with E-state index in [9.17, 15) is 4.79 Å². The number of ether oxygens (including phenoxy) is 1. The Morgan fingerprint density at radius 1 is 1.13 bits per heavy atom. The fourth-order valence-corrected chi connectivity index (χ4v) is 2.45. The van der Waals surface area contributed by atoms with Crippen LogP contribution in [0.2, 0.25) is 0 Å². The molecule has 0 fully saturated rings. The maximum absolute atomic E-state index is 12.2. The fourth-order valence-electron chi connectivity index (χ4n) is 2.45. The molecule has 23 heavy (non-hydrogen) atoms. The lowest BCUT2D eigenvalue weighted by Gasteiger charge is -2.17. The molecule has 0 aliphatic heterocycles. The van der Waals surface area contributed by atoms with Crippen molar-refractivity contribution in [2.24, 2.45) is 0 Å². The third kappa shape index (κ3) is 5.42. The lowest BCUT2D eigenvalue weighted by Crippen LogP contribution is -2.29. The SMILES string of the molecule is CCc1cccc(NC(=O)CN(C)Cc2cccc(OC)c2)c1. The van der Waals surface area contributed by atoms with Gasteiger partial charge in [0, 0.05) is 12.2 Å². The van der Waals surface area contributed by atoms with E-state index < -0.39 is 0 Å². The van der Waals surface area contributed by atoms with Gasteiger partial charge >= 0.3 is 0 Å². The lowest BCUT2D eigenvalue weighted by atomic mass is 10.1. The molecule has 1 N–H and O–H groups in total. The van der Waals surface area contributed by atoms with Crippen molar-refractivity contribution in [2.75, 3.05) is 26.0 Å². The minimum Gasteiger partial charge on any atom is -0.497 e. The third-order valence-corrected chi connectivity index (χ3v) is 3.62. The van der Waals surface area contributed by atoms with Crippen LogP contribution in [-0.2, 0) is 17.8 Å². The van der Waals surface area contributed by atoms with Crippen LogP contribution in [0.4, 0.5) is 5.69 Å². The Labute approximate surface area is 138 Å². The number of anilines is 1. The van der Waals surface area contributed by atoms with E-state index in [0.29, 0.717) is 13.1 Å². The molecule has 0 aliphatic rings. The molecule has 0 aliphatic carbocycles. The Kier molecular flexibility index (Phi) is 6.18. The predicted octanol–water partition coefficient (Wildman–Crippen LogP) is 3.33. The van der Waals surface area contributed by atoms with Gasteiger partial charge in [0.05, 0.1) is 13.7 Å². The van der Waals surface area contributed by atoms with Gasteiger partial charge < -0.3 is 10.1 Å². The summed E-state index contributed by atoms with van der Waals surface area (Å²) in [6.07, 6.45) is 0.958. The Balaban J connectivity index is 1.88. The quantitative estimate of drug-likeness (QED) is 0.852. The van der Waals surface area contributed by atoms with Crippen LogP contribution in [0.15, 0.2) is 48.5 Å². The molecular formula is C19H24N2O2. The second-order valence-electron chi connectivity index (χ2n) is 5.63. The average molecular weight is 312 g/mol. The number of rotatable bonds is 7. The number of carbonyl (C=O) groups is 1. The smallest absolute Gasteiger partial charge is 0.238 e. The number of benzene rings is 2. The van der Waals surface area contributed by atoms with Crippen molar-refractivity contribution in [1.29, 1.82) is 0 Å². The lowest BCUT2D eigenvalue weighted by molar-refractivity contribution is -0.117. The highest BCUT2D eigenvalue weighted by molar-refractivity contribution is 5.92. The first-order valence-electron chi connectivity index (χ1n) is 7.81. The molecule has 0 heterocycles. The monoisotopic (exact) mass is 312 g/mol. The molecule has 0 radical (unpaired) electrons. The number of likely N-dealkylation sites (N-methyl/N-ethyl adjacent to an activating group) is 1. The van der Waals surface area contributed by atoms with Crippen molar-refractivity contribution >= 4 is 11.6 Å². The fraction of sp³-hybridized carbons (Fsp3) is 0.316. The summed E-state index contributed by atoms with van der Waals surface area (Å²) in [5.41, 5.74) is 3.18. The topological polar surface area (TPSA) is 41.6 Å². The molecule has 2 aromatic carbocycles. The number of nitrogens with zero attached hydrogens (tertiary/aromatic N) is 1. The van der Waals surface area contributed by atoms with E-state index in [1.165, 1.54) is 5.56 Å². The number of methoxy groups -OCH3 is 1. The Morgan fingerprint density at radius 3 is 2.61 bits per heavy atom. The second kappa shape index (κ2) is 8.34. The van der Waals surface area contributed by atoms with Gasteiger partial charge in [-0.25, -0.2) is 0 Å². The highest BCUT2D eigenvalue weighted by atomic mass is 16.5. The maximum Gasteiger partial charge on any atom is 0.238 e. The van der Waals surface area contributed by atoms with Crippen LogP contribution in [0.1, 0.15) is 18.1 Å². The molecule has 0 atom stereocenters. The van der Waals surface area contributed by atoms with Gasteiger partial charge in [0.1, 0.15) is 5.75 Å². The van der Waals surface area contributed by atoms with Crippen molar-refractivity contribution < 1.29 is 9.53 Å². The number of hydrogen-bond acceptors (Lipinski definition) is 3. The first kappa shape index (κ1) is 17.0. The number of nitrogens with one attached hydrogen (secondary N) is 1. The van der Waals surface area contributed by atoms with Gasteiger partial charge in [-0.2, -0.15) is 0 Å². The van der Waals surface area contributed by atoms with E-state index >= 15 is 0 Å². The molecule has 1 amide bonds. The van der Waals surface area contributed by atoms with Gasteiger partial charge in [0.15, 0.2) is 0 Å². The number of aryl methyl sites for hydroxylation is 1. The molecule has 0 saturated heterocycles. The number of hydrogen-bond donors (Lipinski definition) is 1. The molecular weight excluding hydrogens is 288 g/mol. The third-order valence-electron chi connectivity index (χ3n) is 3.62. The molecule has 2 rings (SSSR count). The molecule has 0 unspecified atom stereocenters. The minimum absolute atomic E-state index is 0.0105. The number of carbonyl (C=O) groups excluding carboxylic acids is 1. The summed E-state index contributed by atoms with van der Waals surface area (Å²) in [5.74, 6) is 0.820. The van der Waals surface area contributed by atoms with Crippen LogP contribution >= 0.6 is 0 Å². The zero-order valence-electron chi connectivity index (χ0n) is 14.0. The summed E-state index contributed by atoms with van der Waals surface area (Å²) >= 11 is 0. The van der Waals surface area contributed by atoms with Crippen LogP contribution in [-0.4, -0.2) is 31.5 Å². The Hall–Kier alpha value is -2.33. The van der Waals surface area contributed by atoms with Gasteiger partial charge in [-0.3, -0.25) is 9.69 Å². The van der Waals surface area contributed by atoms with Gasteiger partial charge in [-0.1, -0.05) is 31.2 Å². The van der Waals surface area contributed by atoms with Crippen LogP contribution in [0, 0.1) is 0 Å². The molecule has 122 valence electrons. The molecule has 0 aromatic heterocycles. The van der Waals surface area contributed by atoms with E-state index in [1.807, 2.05) is 54.4 Å². The van der Waals surface area contributed by atoms with E-state index in [-0.39, 0.29) is 5.91 Å². The normalized spacial score (nSPS) is 10.6. The summed E-state index contributed by atoms with van der Waals surface area (Å²) in [4.78, 5) is 14.1. The highest BCUT2D eigenvalue weighted by Crippen LogP contribution is 2.14. The summed E-state index contributed by atoms with van der Waals surface area (Å²) in [7, 11) is 3.59. The van der Waals surface area contributed by atoms with Gasteiger partial charge in [0.2, 0.25) is 5.91 Å². The van der Waals surface area contributed by atoms with Crippen LogP contribution in [0.5, 0.6) is 5.75 Å². The van der Waals surface area contributed by atoms with Gasteiger partial charge in [-0.05, 0) is 48.9 Å². The van der Waals surface area contributed by atoms with Crippen molar-refractivity contribution in [2.45, 2.75) is 19.9 Å². The van der Waals surface area contributed by atoms with Crippen molar-refractivity contribution in [1.82, 2.24) is 4.90 Å². The first-order valence-corrected chi connectivity index (χ1v) is 7.81. The minimum atomic E-state index is -0.0105. The van der Waals surface area contributed by atoms with E-state index in [4.69, 9.17) is 4.74 Å². The maximum atomic E-state index is 12.2. The van der Waals surface area contributed by atoms with Crippen LogP contribution < -0.4 is 10.1 Å². The van der Waals surface area contributed by atoms with Crippen molar-refractivity contribution in [3.63, 3.8) is 0 Å². The summed E-state index contributed by atoms with van der Waals surface area (Å²) < 4.78 is 5.22.